The van der Waals surface area contributed by atoms with Gasteiger partial charge >= 0.3 is 5.97 Å². The Labute approximate surface area is 75.8 Å². The summed E-state index contributed by atoms with van der Waals surface area (Å²) >= 11 is 1.34. The fraction of sp³-hybridized carbons (Fsp3) is 0.714. The number of ether oxygens (including phenoxy) is 1. The van der Waals surface area contributed by atoms with Gasteiger partial charge in [-0.3, -0.25) is 9.59 Å². The summed E-state index contributed by atoms with van der Waals surface area (Å²) in [7, 11) is 1.34. The number of methoxy groups -OCH3 is 1. The van der Waals surface area contributed by atoms with Crippen molar-refractivity contribution in [2.45, 2.75) is 6.92 Å². The van der Waals surface area contributed by atoms with Gasteiger partial charge in [-0.2, -0.15) is 11.8 Å². The molecule has 1 amide bonds. The average molecular weight is 191 g/mol. The molecule has 0 aliphatic carbocycles. The first kappa shape index (κ1) is 11.3. The van der Waals surface area contributed by atoms with Crippen molar-refractivity contribution in [3.63, 3.8) is 0 Å². The molecule has 0 heterocycles. The second-order valence-electron chi connectivity index (χ2n) is 2.41. The van der Waals surface area contributed by atoms with Gasteiger partial charge in [0, 0.05) is 5.75 Å². The minimum atomic E-state index is -0.364. The van der Waals surface area contributed by atoms with Crippen LogP contribution in [0.4, 0.5) is 0 Å². The summed E-state index contributed by atoms with van der Waals surface area (Å²) in [4.78, 5) is 21.1. The van der Waals surface area contributed by atoms with Gasteiger partial charge in [0.2, 0.25) is 5.91 Å². The second-order valence-corrected chi connectivity index (χ2v) is 3.44. The zero-order chi connectivity index (χ0) is 9.56. The third-order valence-corrected chi connectivity index (χ3v) is 2.44. The third-order valence-electron chi connectivity index (χ3n) is 1.22. The molecule has 0 radical (unpaired) electrons. The van der Waals surface area contributed by atoms with Gasteiger partial charge in [-0.1, -0.05) is 6.92 Å². The first-order chi connectivity index (χ1) is 5.57. The number of hydrogen-bond acceptors (Lipinski definition) is 4. The van der Waals surface area contributed by atoms with Crippen molar-refractivity contribution in [2.24, 2.45) is 11.7 Å². The number of carbonyl (C=O) groups is 2. The average Bonchev–Trinajstić information content (AvgIpc) is 2.02. The van der Waals surface area contributed by atoms with E-state index in [-0.39, 0.29) is 23.5 Å². The van der Waals surface area contributed by atoms with E-state index in [4.69, 9.17) is 5.73 Å². The Bertz CT molecular complexity index is 172. The Kier molecular flexibility index (Phi) is 5.53. The predicted molar refractivity (Wildman–Crippen MR) is 47.7 cm³/mol. The number of amides is 1. The minimum absolute atomic E-state index is 0.181. The summed E-state index contributed by atoms with van der Waals surface area (Å²) < 4.78 is 4.50. The highest BCUT2D eigenvalue weighted by molar-refractivity contribution is 7.99. The van der Waals surface area contributed by atoms with Gasteiger partial charge in [0.05, 0.1) is 18.8 Å². The van der Waals surface area contributed by atoms with Crippen molar-refractivity contribution in [2.75, 3.05) is 18.6 Å². The van der Waals surface area contributed by atoms with Gasteiger partial charge in [-0.05, 0) is 0 Å². The molecule has 0 saturated heterocycles. The van der Waals surface area contributed by atoms with E-state index < -0.39 is 0 Å². The van der Waals surface area contributed by atoms with Gasteiger partial charge in [-0.25, -0.2) is 0 Å². The molecule has 0 bridgehead atoms. The Morgan fingerprint density at radius 2 is 2.17 bits per heavy atom. The van der Waals surface area contributed by atoms with Crippen LogP contribution in [0.2, 0.25) is 0 Å². The van der Waals surface area contributed by atoms with Crippen LogP contribution >= 0.6 is 11.8 Å². The first-order valence-corrected chi connectivity index (χ1v) is 4.67. The number of rotatable bonds is 5. The standard InChI is InChI=1S/C7H13NO3S/c1-5(7(10)11-2)3-12-4-6(8)9/h5H,3-4H2,1-2H3,(H2,8,9). The van der Waals surface area contributed by atoms with Crippen molar-refractivity contribution < 1.29 is 14.3 Å². The SMILES string of the molecule is COC(=O)C(C)CSCC(N)=O. The van der Waals surface area contributed by atoms with Crippen LogP contribution in [0.1, 0.15) is 6.92 Å². The molecule has 1 unspecified atom stereocenters. The minimum Gasteiger partial charge on any atom is -0.469 e. The molecule has 0 aliphatic heterocycles. The lowest BCUT2D eigenvalue weighted by Crippen LogP contribution is -2.18. The molecule has 0 spiro atoms. The number of thioether (sulfide) groups is 1. The predicted octanol–water partition coefficient (Wildman–Crippen LogP) is 0.0140. The Morgan fingerprint density at radius 3 is 2.58 bits per heavy atom. The van der Waals surface area contributed by atoms with E-state index in [1.807, 2.05) is 0 Å². The summed E-state index contributed by atoms with van der Waals surface area (Å²) in [5.41, 5.74) is 4.91. The van der Waals surface area contributed by atoms with Crippen molar-refractivity contribution >= 4 is 23.6 Å². The number of carbonyl (C=O) groups excluding carboxylic acids is 2. The number of hydrogen-bond donors (Lipinski definition) is 1. The molecule has 0 aliphatic rings. The fourth-order valence-corrected chi connectivity index (χ4v) is 1.41. The summed E-state index contributed by atoms with van der Waals surface area (Å²) in [5.74, 6) is 0.0140. The van der Waals surface area contributed by atoms with Gasteiger partial charge in [0.25, 0.3) is 0 Å². The normalized spacial score (nSPS) is 12.2. The molecule has 12 heavy (non-hydrogen) atoms. The molecular weight excluding hydrogens is 178 g/mol. The number of nitrogens with two attached hydrogens (primary N) is 1. The quantitative estimate of drug-likeness (QED) is 0.622. The fourth-order valence-electron chi connectivity index (χ4n) is 0.606. The van der Waals surface area contributed by atoms with Crippen LogP contribution in [0.25, 0.3) is 0 Å². The van der Waals surface area contributed by atoms with Crippen LogP contribution in [-0.4, -0.2) is 30.5 Å². The molecule has 0 aromatic heterocycles. The molecular formula is C7H13NO3S. The molecule has 2 N–H and O–H groups in total. The zero-order valence-corrected chi connectivity index (χ0v) is 8.02. The van der Waals surface area contributed by atoms with Crippen LogP contribution in [0.5, 0.6) is 0 Å². The van der Waals surface area contributed by atoms with Crippen molar-refractivity contribution in [1.29, 1.82) is 0 Å². The number of primary amides is 1. The summed E-state index contributed by atoms with van der Waals surface area (Å²) in [6.45, 7) is 1.75. The highest BCUT2D eigenvalue weighted by Gasteiger charge is 2.12. The zero-order valence-electron chi connectivity index (χ0n) is 7.20. The van der Waals surface area contributed by atoms with Crippen molar-refractivity contribution in [1.82, 2.24) is 0 Å². The lowest BCUT2D eigenvalue weighted by molar-refractivity contribution is -0.144. The smallest absolute Gasteiger partial charge is 0.309 e. The van der Waals surface area contributed by atoms with E-state index in [1.165, 1.54) is 18.9 Å². The monoisotopic (exact) mass is 191 g/mol. The second kappa shape index (κ2) is 5.88. The van der Waals surface area contributed by atoms with Crippen LogP contribution in [0.15, 0.2) is 0 Å². The molecule has 70 valence electrons. The van der Waals surface area contributed by atoms with Gasteiger partial charge in [0.1, 0.15) is 0 Å². The molecule has 0 saturated carbocycles. The maximum Gasteiger partial charge on any atom is 0.309 e. The molecule has 1 atom stereocenters. The van der Waals surface area contributed by atoms with Gasteiger partial charge in [0.15, 0.2) is 0 Å². The summed E-state index contributed by atoms with van der Waals surface area (Å²) in [5, 5.41) is 0. The van der Waals surface area contributed by atoms with Crippen molar-refractivity contribution in [3.8, 4) is 0 Å². The molecule has 4 nitrogen and oxygen atoms in total. The molecule has 0 fully saturated rings. The van der Waals surface area contributed by atoms with E-state index in [0.29, 0.717) is 5.75 Å². The lowest BCUT2D eigenvalue weighted by atomic mass is 10.2. The molecule has 0 aromatic carbocycles. The Morgan fingerprint density at radius 1 is 1.58 bits per heavy atom. The number of esters is 1. The maximum atomic E-state index is 10.8. The first-order valence-electron chi connectivity index (χ1n) is 3.51. The van der Waals surface area contributed by atoms with Crippen LogP contribution < -0.4 is 5.73 Å². The van der Waals surface area contributed by atoms with E-state index in [0.717, 1.165) is 0 Å². The van der Waals surface area contributed by atoms with Crippen molar-refractivity contribution in [3.05, 3.63) is 0 Å². The Hall–Kier alpha value is -0.710. The van der Waals surface area contributed by atoms with E-state index in [2.05, 4.69) is 4.74 Å². The topological polar surface area (TPSA) is 69.4 Å². The highest BCUT2D eigenvalue weighted by atomic mass is 32.2. The largest absolute Gasteiger partial charge is 0.469 e. The Balaban J connectivity index is 3.50. The third kappa shape index (κ3) is 5.01. The van der Waals surface area contributed by atoms with Gasteiger partial charge < -0.3 is 10.5 Å². The lowest BCUT2D eigenvalue weighted by Gasteiger charge is -2.06. The molecule has 0 aromatic rings. The van der Waals surface area contributed by atoms with Crippen LogP contribution in [0.3, 0.4) is 0 Å². The van der Waals surface area contributed by atoms with Crippen LogP contribution in [-0.2, 0) is 14.3 Å². The van der Waals surface area contributed by atoms with Crippen LogP contribution in [0, 0.1) is 5.92 Å². The van der Waals surface area contributed by atoms with E-state index in [9.17, 15) is 9.59 Å². The summed E-state index contributed by atoms with van der Waals surface area (Å²) in [6, 6.07) is 0. The van der Waals surface area contributed by atoms with E-state index >= 15 is 0 Å². The van der Waals surface area contributed by atoms with Gasteiger partial charge in [-0.15, -0.1) is 0 Å². The molecule has 0 rings (SSSR count). The maximum absolute atomic E-state index is 10.8. The highest BCUT2D eigenvalue weighted by Crippen LogP contribution is 2.08. The molecule has 5 heteroatoms. The summed E-state index contributed by atoms with van der Waals surface area (Å²) in [6.07, 6.45) is 0. The van der Waals surface area contributed by atoms with E-state index in [1.54, 1.807) is 6.92 Å².